The van der Waals surface area contributed by atoms with Crippen LogP contribution < -0.4 is 15.1 Å². The quantitative estimate of drug-likeness (QED) is 0.690. The lowest BCUT2D eigenvalue weighted by Gasteiger charge is -2.11. The molecule has 0 bridgehead atoms. The minimum absolute atomic E-state index is 0.386. The van der Waals surface area contributed by atoms with Crippen molar-refractivity contribution in [3.05, 3.63) is 58.4 Å². The number of para-hydroxylation sites is 1. The SMILES string of the molecule is COc1ccc2c(C)c(-c3ccccc3OC)c(=O)oc2c1. The molecule has 0 fully saturated rings. The summed E-state index contributed by atoms with van der Waals surface area (Å²) in [6, 6.07) is 12.9. The van der Waals surface area contributed by atoms with Gasteiger partial charge in [-0.25, -0.2) is 4.79 Å². The first-order valence-electron chi connectivity index (χ1n) is 6.90. The number of hydrogen-bond acceptors (Lipinski definition) is 4. The van der Waals surface area contributed by atoms with Crippen molar-refractivity contribution in [1.82, 2.24) is 0 Å². The summed E-state index contributed by atoms with van der Waals surface area (Å²) >= 11 is 0. The van der Waals surface area contributed by atoms with Gasteiger partial charge in [0.25, 0.3) is 0 Å². The van der Waals surface area contributed by atoms with Gasteiger partial charge in [0.15, 0.2) is 0 Å². The van der Waals surface area contributed by atoms with Gasteiger partial charge in [0, 0.05) is 17.0 Å². The van der Waals surface area contributed by atoms with Crippen LogP contribution in [0.4, 0.5) is 0 Å². The number of benzene rings is 2. The van der Waals surface area contributed by atoms with Crippen LogP contribution in [0.25, 0.3) is 22.1 Å². The Kier molecular flexibility index (Phi) is 3.59. The van der Waals surface area contributed by atoms with Gasteiger partial charge in [0.1, 0.15) is 17.1 Å². The van der Waals surface area contributed by atoms with E-state index in [2.05, 4.69) is 0 Å². The molecule has 4 nitrogen and oxygen atoms in total. The number of fused-ring (bicyclic) bond motifs is 1. The second-order valence-corrected chi connectivity index (χ2v) is 4.95. The van der Waals surface area contributed by atoms with Gasteiger partial charge in [-0.2, -0.15) is 0 Å². The van der Waals surface area contributed by atoms with Crippen LogP contribution in [0.5, 0.6) is 11.5 Å². The van der Waals surface area contributed by atoms with E-state index in [4.69, 9.17) is 13.9 Å². The number of rotatable bonds is 3. The fraction of sp³-hybridized carbons (Fsp3) is 0.167. The molecule has 1 heterocycles. The highest BCUT2D eigenvalue weighted by Crippen LogP contribution is 2.33. The summed E-state index contributed by atoms with van der Waals surface area (Å²) in [4.78, 5) is 12.5. The average molecular weight is 296 g/mol. The molecule has 3 rings (SSSR count). The van der Waals surface area contributed by atoms with Gasteiger partial charge in [-0.3, -0.25) is 0 Å². The minimum Gasteiger partial charge on any atom is -0.497 e. The molecule has 0 aliphatic carbocycles. The third-order valence-electron chi connectivity index (χ3n) is 3.75. The zero-order chi connectivity index (χ0) is 15.7. The highest BCUT2D eigenvalue weighted by molar-refractivity contribution is 5.88. The number of hydrogen-bond donors (Lipinski definition) is 0. The smallest absolute Gasteiger partial charge is 0.344 e. The number of aryl methyl sites for hydroxylation is 1. The summed E-state index contributed by atoms with van der Waals surface area (Å²) in [5.41, 5.74) is 2.24. The van der Waals surface area contributed by atoms with Crippen molar-refractivity contribution in [2.75, 3.05) is 14.2 Å². The third kappa shape index (κ3) is 2.22. The van der Waals surface area contributed by atoms with E-state index in [1.54, 1.807) is 20.3 Å². The summed E-state index contributed by atoms with van der Waals surface area (Å²) in [7, 11) is 3.16. The predicted octanol–water partition coefficient (Wildman–Crippen LogP) is 3.79. The van der Waals surface area contributed by atoms with Gasteiger partial charge in [-0.15, -0.1) is 0 Å². The normalized spacial score (nSPS) is 10.7. The molecule has 0 aliphatic heterocycles. The fourth-order valence-electron chi connectivity index (χ4n) is 2.63. The standard InChI is InChI=1S/C18H16O4/c1-11-13-9-8-12(20-2)10-16(13)22-18(19)17(11)14-6-4-5-7-15(14)21-3/h4-10H,1-3H3. The van der Waals surface area contributed by atoms with Crippen LogP contribution in [0.1, 0.15) is 5.56 Å². The second kappa shape index (κ2) is 5.56. The summed E-state index contributed by atoms with van der Waals surface area (Å²) in [6.45, 7) is 1.91. The lowest BCUT2D eigenvalue weighted by molar-refractivity contribution is 0.413. The van der Waals surface area contributed by atoms with E-state index in [0.717, 1.165) is 16.5 Å². The monoisotopic (exact) mass is 296 g/mol. The molecule has 3 aromatic rings. The number of ether oxygens (including phenoxy) is 2. The van der Waals surface area contributed by atoms with Crippen molar-refractivity contribution in [2.24, 2.45) is 0 Å². The molecule has 0 saturated heterocycles. The van der Waals surface area contributed by atoms with Crippen LogP contribution in [-0.2, 0) is 0 Å². The van der Waals surface area contributed by atoms with E-state index in [0.29, 0.717) is 22.6 Å². The summed E-state index contributed by atoms with van der Waals surface area (Å²) in [6.07, 6.45) is 0. The molecular formula is C18H16O4. The molecule has 0 spiro atoms. The zero-order valence-corrected chi connectivity index (χ0v) is 12.7. The first-order valence-corrected chi connectivity index (χ1v) is 6.90. The molecule has 1 aromatic heterocycles. The molecule has 0 saturated carbocycles. The highest BCUT2D eigenvalue weighted by Gasteiger charge is 2.16. The van der Waals surface area contributed by atoms with E-state index in [1.165, 1.54) is 0 Å². The Bertz CT molecular complexity index is 893. The minimum atomic E-state index is -0.386. The van der Waals surface area contributed by atoms with Crippen LogP contribution >= 0.6 is 0 Å². The molecule has 0 aliphatic rings. The molecule has 0 amide bonds. The van der Waals surface area contributed by atoms with Crippen LogP contribution in [0, 0.1) is 6.92 Å². The first-order chi connectivity index (χ1) is 10.7. The Morgan fingerprint density at radius 2 is 1.77 bits per heavy atom. The van der Waals surface area contributed by atoms with Crippen LogP contribution in [0.15, 0.2) is 51.7 Å². The van der Waals surface area contributed by atoms with E-state index in [9.17, 15) is 4.79 Å². The number of methoxy groups -OCH3 is 2. The Balaban J connectivity index is 2.34. The van der Waals surface area contributed by atoms with Crippen molar-refractivity contribution in [1.29, 1.82) is 0 Å². The van der Waals surface area contributed by atoms with E-state index in [1.807, 2.05) is 43.3 Å². The van der Waals surface area contributed by atoms with Gasteiger partial charge in [0.2, 0.25) is 0 Å². The first kappa shape index (κ1) is 14.2. The van der Waals surface area contributed by atoms with Gasteiger partial charge >= 0.3 is 5.63 Å². The Morgan fingerprint density at radius 3 is 2.50 bits per heavy atom. The maximum atomic E-state index is 12.5. The molecule has 0 atom stereocenters. The molecule has 0 unspecified atom stereocenters. The van der Waals surface area contributed by atoms with E-state index in [-0.39, 0.29) is 5.63 Å². The summed E-state index contributed by atoms with van der Waals surface area (Å²) in [5, 5.41) is 0.876. The van der Waals surface area contributed by atoms with Gasteiger partial charge in [0.05, 0.1) is 19.8 Å². The van der Waals surface area contributed by atoms with Gasteiger partial charge < -0.3 is 13.9 Å². The van der Waals surface area contributed by atoms with Crippen molar-refractivity contribution in [2.45, 2.75) is 6.92 Å². The molecule has 0 radical (unpaired) electrons. The lowest BCUT2D eigenvalue weighted by atomic mass is 9.99. The molecule has 4 heteroatoms. The Morgan fingerprint density at radius 1 is 1.00 bits per heavy atom. The summed E-state index contributed by atoms with van der Waals surface area (Å²) < 4.78 is 16.0. The van der Waals surface area contributed by atoms with Crippen LogP contribution in [0.3, 0.4) is 0 Å². The molecule has 112 valence electrons. The van der Waals surface area contributed by atoms with E-state index >= 15 is 0 Å². The Hall–Kier alpha value is -2.75. The molecule has 2 aromatic carbocycles. The van der Waals surface area contributed by atoms with Gasteiger partial charge in [-0.1, -0.05) is 18.2 Å². The fourth-order valence-corrected chi connectivity index (χ4v) is 2.63. The maximum Gasteiger partial charge on any atom is 0.344 e. The van der Waals surface area contributed by atoms with Crippen molar-refractivity contribution in [3.8, 4) is 22.6 Å². The molecular weight excluding hydrogens is 280 g/mol. The van der Waals surface area contributed by atoms with Crippen molar-refractivity contribution in [3.63, 3.8) is 0 Å². The van der Waals surface area contributed by atoms with Crippen molar-refractivity contribution >= 4 is 11.0 Å². The van der Waals surface area contributed by atoms with Crippen LogP contribution in [0.2, 0.25) is 0 Å². The predicted molar refractivity (Wildman–Crippen MR) is 85.8 cm³/mol. The lowest BCUT2D eigenvalue weighted by Crippen LogP contribution is -2.07. The van der Waals surface area contributed by atoms with Crippen LogP contribution in [-0.4, -0.2) is 14.2 Å². The molecule has 22 heavy (non-hydrogen) atoms. The largest absolute Gasteiger partial charge is 0.497 e. The van der Waals surface area contributed by atoms with Gasteiger partial charge in [-0.05, 0) is 30.7 Å². The second-order valence-electron chi connectivity index (χ2n) is 4.95. The summed E-state index contributed by atoms with van der Waals surface area (Å²) in [5.74, 6) is 1.30. The highest BCUT2D eigenvalue weighted by atomic mass is 16.5. The molecule has 0 N–H and O–H groups in total. The zero-order valence-electron chi connectivity index (χ0n) is 12.7. The van der Waals surface area contributed by atoms with Crippen molar-refractivity contribution < 1.29 is 13.9 Å². The topological polar surface area (TPSA) is 48.7 Å². The van der Waals surface area contributed by atoms with E-state index < -0.39 is 0 Å². The Labute approximate surface area is 127 Å². The average Bonchev–Trinajstić information content (AvgIpc) is 2.54. The third-order valence-corrected chi connectivity index (χ3v) is 3.75. The maximum absolute atomic E-state index is 12.5.